The molecule has 1 fully saturated rings. The maximum Gasteiger partial charge on any atom is 0.125 e. The van der Waals surface area contributed by atoms with E-state index in [2.05, 4.69) is 49.6 Å². The Labute approximate surface area is 134 Å². The van der Waals surface area contributed by atoms with Crippen LogP contribution in [0.4, 0.5) is 0 Å². The number of β-amino-alcohol motifs (C(OH)–C–C–N with tert-alkyl or cyclic N) is 1. The molecule has 1 aliphatic heterocycles. The van der Waals surface area contributed by atoms with Crippen molar-refractivity contribution in [3.8, 4) is 5.75 Å². The molecule has 1 aromatic carbocycles. The van der Waals surface area contributed by atoms with E-state index in [4.69, 9.17) is 4.74 Å². The normalized spacial score (nSPS) is 18.4. The maximum absolute atomic E-state index is 10.3. The molecule has 2 rings (SSSR count). The first-order chi connectivity index (χ1) is 10.5. The third-order valence-corrected chi connectivity index (χ3v) is 4.67. The fraction of sp³-hybridized carbons (Fsp3) is 0.667. The topological polar surface area (TPSA) is 35.9 Å². The van der Waals surface area contributed by atoms with E-state index < -0.39 is 6.10 Å². The lowest BCUT2D eigenvalue weighted by molar-refractivity contribution is 0.0467. The zero-order chi connectivity index (χ0) is 16.1. The number of piperazine rings is 1. The third-order valence-electron chi connectivity index (χ3n) is 4.67. The summed E-state index contributed by atoms with van der Waals surface area (Å²) in [5.74, 6) is 0.926. The highest BCUT2D eigenvalue weighted by Gasteiger charge is 2.19. The molecule has 1 aromatic rings. The van der Waals surface area contributed by atoms with Crippen LogP contribution < -0.4 is 4.74 Å². The second kappa shape index (κ2) is 7.95. The Morgan fingerprint density at radius 3 is 2.27 bits per heavy atom. The van der Waals surface area contributed by atoms with E-state index in [1.165, 1.54) is 11.1 Å². The van der Waals surface area contributed by atoms with Gasteiger partial charge in [-0.2, -0.15) is 0 Å². The number of nitrogens with zero attached hydrogens (tertiary/aromatic N) is 2. The summed E-state index contributed by atoms with van der Waals surface area (Å²) in [6.45, 7) is 14.9. The summed E-state index contributed by atoms with van der Waals surface area (Å²) in [4.78, 5) is 4.77. The van der Waals surface area contributed by atoms with Crippen molar-refractivity contribution >= 4 is 0 Å². The summed E-state index contributed by atoms with van der Waals surface area (Å²) >= 11 is 0. The number of aryl methyl sites for hydroxylation is 2. The first kappa shape index (κ1) is 17.3. The quantitative estimate of drug-likeness (QED) is 0.872. The molecular formula is C18H30N2O2. The molecular weight excluding hydrogens is 276 g/mol. The van der Waals surface area contributed by atoms with Gasteiger partial charge in [-0.05, 0) is 44.0 Å². The Balaban J connectivity index is 1.81. The van der Waals surface area contributed by atoms with Gasteiger partial charge in [0.25, 0.3) is 0 Å². The van der Waals surface area contributed by atoms with E-state index in [1.807, 2.05) is 0 Å². The minimum Gasteiger partial charge on any atom is -0.490 e. The summed E-state index contributed by atoms with van der Waals surface area (Å²) < 4.78 is 5.91. The average molecular weight is 306 g/mol. The van der Waals surface area contributed by atoms with Crippen LogP contribution in [0.2, 0.25) is 0 Å². The predicted molar refractivity (Wildman–Crippen MR) is 90.7 cm³/mol. The van der Waals surface area contributed by atoms with E-state index in [0.717, 1.165) is 44.0 Å². The maximum atomic E-state index is 10.3. The summed E-state index contributed by atoms with van der Waals surface area (Å²) in [5.41, 5.74) is 3.53. The number of benzene rings is 1. The minimum absolute atomic E-state index is 0.360. The fourth-order valence-corrected chi connectivity index (χ4v) is 2.97. The SMILES string of the molecule is CCN1CCN(C[C@@H](O)COc2c(C)ccc(C)c2C)CC1. The molecule has 4 heteroatoms. The van der Waals surface area contributed by atoms with Crippen molar-refractivity contribution in [3.63, 3.8) is 0 Å². The highest BCUT2D eigenvalue weighted by atomic mass is 16.5. The first-order valence-corrected chi connectivity index (χ1v) is 8.33. The number of hydrogen-bond acceptors (Lipinski definition) is 4. The lowest BCUT2D eigenvalue weighted by atomic mass is 10.1. The van der Waals surface area contributed by atoms with Crippen LogP contribution >= 0.6 is 0 Å². The van der Waals surface area contributed by atoms with Crippen molar-refractivity contribution in [1.29, 1.82) is 0 Å². The van der Waals surface area contributed by atoms with Gasteiger partial charge in [-0.1, -0.05) is 19.1 Å². The molecule has 0 spiro atoms. The van der Waals surface area contributed by atoms with Gasteiger partial charge in [0, 0.05) is 32.7 Å². The minimum atomic E-state index is -0.438. The molecule has 1 heterocycles. The Bertz CT molecular complexity index is 482. The van der Waals surface area contributed by atoms with Crippen LogP contribution in [-0.2, 0) is 0 Å². The van der Waals surface area contributed by atoms with Gasteiger partial charge < -0.3 is 14.7 Å². The molecule has 4 nitrogen and oxygen atoms in total. The lowest BCUT2D eigenvalue weighted by Gasteiger charge is -2.35. The molecule has 0 unspecified atom stereocenters. The van der Waals surface area contributed by atoms with Crippen molar-refractivity contribution < 1.29 is 9.84 Å². The Morgan fingerprint density at radius 1 is 1.05 bits per heavy atom. The molecule has 1 aliphatic rings. The molecule has 1 saturated heterocycles. The number of hydrogen-bond donors (Lipinski definition) is 1. The van der Waals surface area contributed by atoms with E-state index in [1.54, 1.807) is 0 Å². The van der Waals surface area contributed by atoms with E-state index >= 15 is 0 Å². The van der Waals surface area contributed by atoms with Gasteiger partial charge in [-0.25, -0.2) is 0 Å². The molecule has 0 aromatic heterocycles. The largest absolute Gasteiger partial charge is 0.490 e. The Morgan fingerprint density at radius 2 is 1.64 bits per heavy atom. The second-order valence-corrected chi connectivity index (χ2v) is 6.35. The van der Waals surface area contributed by atoms with Gasteiger partial charge in [0.05, 0.1) is 0 Å². The van der Waals surface area contributed by atoms with Gasteiger partial charge in [0.1, 0.15) is 18.5 Å². The fourth-order valence-electron chi connectivity index (χ4n) is 2.97. The Kier molecular flexibility index (Phi) is 6.24. The summed E-state index contributed by atoms with van der Waals surface area (Å²) in [6.07, 6.45) is -0.438. The van der Waals surface area contributed by atoms with E-state index in [0.29, 0.717) is 13.2 Å². The molecule has 0 amide bonds. The molecule has 124 valence electrons. The molecule has 0 aliphatic carbocycles. The Hall–Kier alpha value is -1.10. The predicted octanol–water partition coefficient (Wildman–Crippen LogP) is 1.99. The highest BCUT2D eigenvalue weighted by molar-refractivity contribution is 5.44. The van der Waals surface area contributed by atoms with Gasteiger partial charge in [-0.15, -0.1) is 0 Å². The first-order valence-electron chi connectivity index (χ1n) is 8.33. The summed E-state index contributed by atoms with van der Waals surface area (Å²) in [5, 5.41) is 10.3. The zero-order valence-corrected chi connectivity index (χ0v) is 14.4. The molecule has 0 radical (unpaired) electrons. The third kappa shape index (κ3) is 4.45. The molecule has 0 bridgehead atoms. The smallest absolute Gasteiger partial charge is 0.125 e. The van der Waals surface area contributed by atoms with Crippen molar-refractivity contribution in [1.82, 2.24) is 9.80 Å². The monoisotopic (exact) mass is 306 g/mol. The van der Waals surface area contributed by atoms with Crippen LogP contribution in [0.15, 0.2) is 12.1 Å². The molecule has 0 saturated carbocycles. The van der Waals surface area contributed by atoms with E-state index in [-0.39, 0.29) is 0 Å². The van der Waals surface area contributed by atoms with Crippen molar-refractivity contribution in [2.75, 3.05) is 45.9 Å². The number of likely N-dealkylation sites (N-methyl/N-ethyl adjacent to an activating group) is 1. The van der Waals surface area contributed by atoms with Crippen LogP contribution in [0.5, 0.6) is 5.75 Å². The number of rotatable bonds is 6. The standard InChI is InChI=1S/C18H30N2O2/c1-5-19-8-10-20(11-9-19)12-17(21)13-22-18-15(3)7-6-14(2)16(18)4/h6-7,17,21H,5,8-13H2,1-4H3/t17-/m1/s1. The average Bonchev–Trinajstić information content (AvgIpc) is 2.52. The van der Waals surface area contributed by atoms with Gasteiger partial charge in [0.15, 0.2) is 0 Å². The summed E-state index contributed by atoms with van der Waals surface area (Å²) in [6, 6.07) is 4.19. The van der Waals surface area contributed by atoms with Crippen molar-refractivity contribution in [3.05, 3.63) is 28.8 Å². The number of aliphatic hydroxyl groups is 1. The summed E-state index contributed by atoms with van der Waals surface area (Å²) in [7, 11) is 0. The van der Waals surface area contributed by atoms with Gasteiger partial charge in [-0.3, -0.25) is 4.90 Å². The van der Waals surface area contributed by atoms with Crippen LogP contribution in [0.25, 0.3) is 0 Å². The van der Waals surface area contributed by atoms with Crippen LogP contribution in [0, 0.1) is 20.8 Å². The molecule has 1 N–H and O–H groups in total. The number of aliphatic hydroxyl groups excluding tert-OH is 1. The number of ether oxygens (including phenoxy) is 1. The van der Waals surface area contributed by atoms with Crippen molar-refractivity contribution in [2.24, 2.45) is 0 Å². The van der Waals surface area contributed by atoms with Crippen molar-refractivity contribution in [2.45, 2.75) is 33.8 Å². The lowest BCUT2D eigenvalue weighted by Crippen LogP contribution is -2.49. The van der Waals surface area contributed by atoms with Gasteiger partial charge in [0.2, 0.25) is 0 Å². The van der Waals surface area contributed by atoms with Crippen LogP contribution in [0.3, 0.4) is 0 Å². The van der Waals surface area contributed by atoms with E-state index in [9.17, 15) is 5.11 Å². The zero-order valence-electron chi connectivity index (χ0n) is 14.4. The molecule has 22 heavy (non-hydrogen) atoms. The van der Waals surface area contributed by atoms with Crippen LogP contribution in [0.1, 0.15) is 23.6 Å². The molecule has 1 atom stereocenters. The van der Waals surface area contributed by atoms with Crippen LogP contribution in [-0.4, -0.2) is 66.9 Å². The highest BCUT2D eigenvalue weighted by Crippen LogP contribution is 2.25. The second-order valence-electron chi connectivity index (χ2n) is 6.35. The van der Waals surface area contributed by atoms with Gasteiger partial charge >= 0.3 is 0 Å².